The summed E-state index contributed by atoms with van der Waals surface area (Å²) in [6, 6.07) is 0.787. The molecule has 5 rings (SSSR count). The van der Waals surface area contributed by atoms with Crippen molar-refractivity contribution in [2.24, 2.45) is 11.1 Å². The van der Waals surface area contributed by atoms with Gasteiger partial charge in [0.25, 0.3) is 0 Å². The summed E-state index contributed by atoms with van der Waals surface area (Å²) in [5.41, 5.74) is 10.3. The van der Waals surface area contributed by atoms with Crippen LogP contribution >= 0.6 is 11.8 Å². The highest BCUT2D eigenvalue weighted by atomic mass is 32.2. The SMILES string of the molecule is CC1(CN)CCN(C2NN3CC(C(=O)N4CCCC5NCCCC54)NC3S2)C1. The van der Waals surface area contributed by atoms with E-state index < -0.39 is 0 Å². The highest BCUT2D eigenvalue weighted by Gasteiger charge is 2.48. The summed E-state index contributed by atoms with van der Waals surface area (Å²) in [4.78, 5) is 18.0. The molecule has 6 unspecified atom stereocenters. The Kier molecular flexibility index (Phi) is 5.36. The van der Waals surface area contributed by atoms with Crippen LogP contribution in [-0.4, -0.2) is 89.1 Å². The molecule has 0 aliphatic carbocycles. The third-order valence-corrected chi connectivity index (χ3v) is 8.71. The number of rotatable bonds is 3. The van der Waals surface area contributed by atoms with Gasteiger partial charge in [0, 0.05) is 38.3 Å². The Morgan fingerprint density at radius 1 is 1.25 bits per heavy atom. The van der Waals surface area contributed by atoms with Gasteiger partial charge in [-0.05, 0) is 50.6 Å². The van der Waals surface area contributed by atoms with Gasteiger partial charge < -0.3 is 16.0 Å². The molecule has 0 radical (unpaired) electrons. The quantitative estimate of drug-likeness (QED) is 0.496. The molecule has 8 nitrogen and oxygen atoms in total. The standard InChI is InChI=1S/C19H35N7OS/c1-19(11-20)6-9-24(12-19)18-23-26-10-14(22-17(26)28-18)16(27)25-8-3-4-13-15(25)5-2-7-21-13/h13-15,17-18,21-23H,2-12,20H2,1H3. The van der Waals surface area contributed by atoms with Gasteiger partial charge in [0.05, 0.1) is 0 Å². The van der Waals surface area contributed by atoms with Crippen molar-refractivity contribution in [3.63, 3.8) is 0 Å². The molecule has 5 aliphatic heterocycles. The number of hydrogen-bond acceptors (Lipinski definition) is 8. The Bertz CT molecular complexity index is 593. The van der Waals surface area contributed by atoms with Gasteiger partial charge in [-0.1, -0.05) is 18.7 Å². The van der Waals surface area contributed by atoms with E-state index in [0.29, 0.717) is 18.0 Å². The predicted molar refractivity (Wildman–Crippen MR) is 111 cm³/mol. The van der Waals surface area contributed by atoms with Crippen LogP contribution in [0.1, 0.15) is 39.0 Å². The number of carbonyl (C=O) groups excluding carboxylic acids is 1. The maximum absolute atomic E-state index is 13.3. The number of piperidine rings is 2. The Hall–Kier alpha value is -0.420. The molecule has 0 bridgehead atoms. The first kappa shape index (κ1) is 19.5. The van der Waals surface area contributed by atoms with Crippen LogP contribution in [0.15, 0.2) is 0 Å². The summed E-state index contributed by atoms with van der Waals surface area (Å²) in [5, 5.41) is 9.46. The van der Waals surface area contributed by atoms with Gasteiger partial charge in [-0.15, -0.1) is 0 Å². The Balaban J connectivity index is 1.17. The minimum atomic E-state index is -0.0977. The topological polar surface area (TPSA) is 88.9 Å². The molecule has 158 valence electrons. The van der Waals surface area contributed by atoms with Crippen molar-refractivity contribution < 1.29 is 4.79 Å². The molecule has 5 N–H and O–H groups in total. The molecule has 5 aliphatic rings. The first-order valence-electron chi connectivity index (χ1n) is 11.0. The Labute approximate surface area is 172 Å². The van der Waals surface area contributed by atoms with Gasteiger partial charge in [0.2, 0.25) is 5.91 Å². The molecule has 5 fully saturated rings. The fourth-order valence-electron chi connectivity index (χ4n) is 5.61. The maximum atomic E-state index is 13.3. The lowest BCUT2D eigenvalue weighted by Gasteiger charge is -2.45. The number of carbonyl (C=O) groups is 1. The predicted octanol–water partition coefficient (Wildman–Crippen LogP) is -0.507. The molecule has 9 heteroatoms. The monoisotopic (exact) mass is 409 g/mol. The van der Waals surface area contributed by atoms with Crippen molar-refractivity contribution in [1.29, 1.82) is 0 Å². The average molecular weight is 410 g/mol. The Morgan fingerprint density at radius 3 is 2.93 bits per heavy atom. The highest BCUT2D eigenvalue weighted by Crippen LogP contribution is 2.37. The lowest BCUT2D eigenvalue weighted by atomic mass is 9.89. The van der Waals surface area contributed by atoms with E-state index in [-0.39, 0.29) is 22.5 Å². The normalized spacial score (nSPS) is 44.6. The van der Waals surface area contributed by atoms with Crippen molar-refractivity contribution >= 4 is 17.7 Å². The summed E-state index contributed by atoms with van der Waals surface area (Å²) >= 11 is 1.89. The number of fused-ring (bicyclic) bond motifs is 2. The molecule has 28 heavy (non-hydrogen) atoms. The minimum absolute atomic E-state index is 0.0977. The van der Waals surface area contributed by atoms with E-state index in [4.69, 9.17) is 5.73 Å². The molecule has 0 spiro atoms. The van der Waals surface area contributed by atoms with Crippen LogP contribution in [0.25, 0.3) is 0 Å². The average Bonchev–Trinajstić information content (AvgIpc) is 3.40. The van der Waals surface area contributed by atoms with Gasteiger partial charge in [0.15, 0.2) is 0 Å². The molecule has 5 saturated heterocycles. The number of hydrogen-bond donors (Lipinski definition) is 4. The fourth-order valence-corrected chi connectivity index (χ4v) is 6.93. The van der Waals surface area contributed by atoms with E-state index in [0.717, 1.165) is 58.5 Å². The van der Waals surface area contributed by atoms with E-state index in [9.17, 15) is 4.79 Å². The fraction of sp³-hybridized carbons (Fsp3) is 0.947. The third kappa shape index (κ3) is 3.49. The first-order valence-corrected chi connectivity index (χ1v) is 11.9. The van der Waals surface area contributed by atoms with Gasteiger partial charge in [-0.2, -0.15) is 0 Å². The number of likely N-dealkylation sites (tertiary alicyclic amines) is 2. The van der Waals surface area contributed by atoms with Crippen LogP contribution in [0.5, 0.6) is 0 Å². The molecular formula is C19H35N7OS. The second kappa shape index (κ2) is 7.68. The molecule has 1 amide bonds. The van der Waals surface area contributed by atoms with Crippen molar-refractivity contribution in [3.05, 3.63) is 0 Å². The number of nitrogens with one attached hydrogen (secondary N) is 3. The lowest BCUT2D eigenvalue weighted by Crippen LogP contribution is -2.61. The minimum Gasteiger partial charge on any atom is -0.337 e. The summed E-state index contributed by atoms with van der Waals surface area (Å²) in [5.74, 6) is 0.295. The Morgan fingerprint density at radius 2 is 2.14 bits per heavy atom. The molecule has 0 aromatic heterocycles. The van der Waals surface area contributed by atoms with E-state index in [1.54, 1.807) is 0 Å². The second-order valence-electron chi connectivity index (χ2n) is 9.52. The second-order valence-corrected chi connectivity index (χ2v) is 10.7. The molecule has 0 saturated carbocycles. The van der Waals surface area contributed by atoms with Crippen LogP contribution in [0.3, 0.4) is 0 Å². The number of nitrogens with zero attached hydrogens (tertiary/aromatic N) is 3. The van der Waals surface area contributed by atoms with Crippen molar-refractivity contribution in [2.75, 3.05) is 39.3 Å². The summed E-state index contributed by atoms with van der Waals surface area (Å²) < 4.78 is 0. The maximum Gasteiger partial charge on any atom is 0.241 e. The zero-order valence-corrected chi connectivity index (χ0v) is 17.7. The van der Waals surface area contributed by atoms with Crippen LogP contribution in [0, 0.1) is 5.41 Å². The smallest absolute Gasteiger partial charge is 0.241 e. The largest absolute Gasteiger partial charge is 0.337 e. The van der Waals surface area contributed by atoms with Crippen LogP contribution in [-0.2, 0) is 4.79 Å². The molecule has 5 heterocycles. The number of amides is 1. The highest BCUT2D eigenvalue weighted by molar-refractivity contribution is 8.00. The molecule has 0 aromatic carbocycles. The van der Waals surface area contributed by atoms with E-state index >= 15 is 0 Å². The van der Waals surface area contributed by atoms with Gasteiger partial charge >= 0.3 is 0 Å². The first-order chi connectivity index (χ1) is 13.6. The van der Waals surface area contributed by atoms with Gasteiger partial charge in [0.1, 0.15) is 17.0 Å². The number of nitrogens with two attached hydrogens (primary N) is 1. The van der Waals surface area contributed by atoms with Gasteiger partial charge in [-0.25, -0.2) is 10.4 Å². The number of hydrazine groups is 1. The van der Waals surface area contributed by atoms with E-state index in [2.05, 4.69) is 37.8 Å². The van der Waals surface area contributed by atoms with Gasteiger partial charge in [-0.3, -0.25) is 15.0 Å². The van der Waals surface area contributed by atoms with Crippen LogP contribution in [0.2, 0.25) is 0 Å². The summed E-state index contributed by atoms with van der Waals surface area (Å²) in [7, 11) is 0. The molecule has 0 aromatic rings. The lowest BCUT2D eigenvalue weighted by molar-refractivity contribution is -0.138. The van der Waals surface area contributed by atoms with Crippen molar-refractivity contribution in [2.45, 2.75) is 68.1 Å². The van der Waals surface area contributed by atoms with Crippen molar-refractivity contribution in [3.8, 4) is 0 Å². The molecule has 6 atom stereocenters. The van der Waals surface area contributed by atoms with Crippen LogP contribution in [0.4, 0.5) is 0 Å². The molecular weight excluding hydrogens is 374 g/mol. The zero-order chi connectivity index (χ0) is 19.3. The van der Waals surface area contributed by atoms with Crippen LogP contribution < -0.4 is 21.8 Å². The zero-order valence-electron chi connectivity index (χ0n) is 16.9. The third-order valence-electron chi connectivity index (χ3n) is 7.40. The van der Waals surface area contributed by atoms with E-state index in [1.165, 1.54) is 12.8 Å². The van der Waals surface area contributed by atoms with Crippen molar-refractivity contribution in [1.82, 2.24) is 30.9 Å². The van der Waals surface area contributed by atoms with E-state index in [1.807, 2.05) is 11.8 Å². The summed E-state index contributed by atoms with van der Waals surface area (Å²) in [6.45, 7) is 7.92. The summed E-state index contributed by atoms with van der Waals surface area (Å²) in [6.07, 6.45) is 5.80. The number of thioether (sulfide) groups is 1.